The van der Waals surface area contributed by atoms with Crippen molar-refractivity contribution in [2.24, 2.45) is 17.8 Å². The van der Waals surface area contributed by atoms with Gasteiger partial charge < -0.3 is 24.7 Å². The number of fused-ring (bicyclic) bond motifs is 3. The van der Waals surface area contributed by atoms with Gasteiger partial charge in [-0.2, -0.15) is 10.4 Å². The van der Waals surface area contributed by atoms with E-state index in [0.29, 0.717) is 28.9 Å². The predicted octanol–water partition coefficient (Wildman–Crippen LogP) is 2.32. The number of rotatable bonds is 4. The van der Waals surface area contributed by atoms with Crippen molar-refractivity contribution in [2.75, 3.05) is 12.3 Å². The lowest BCUT2D eigenvalue weighted by Crippen LogP contribution is -2.40. The second-order valence-corrected chi connectivity index (χ2v) is 10.4. The van der Waals surface area contributed by atoms with Crippen LogP contribution in [0.25, 0.3) is 5.52 Å². The molecule has 0 spiro atoms. The summed E-state index contributed by atoms with van der Waals surface area (Å²) in [6.07, 6.45) is 4.86. The molecule has 0 radical (unpaired) electrons. The van der Waals surface area contributed by atoms with E-state index in [4.69, 9.17) is 24.7 Å². The monoisotopic (exact) mass is 467 g/mol. The molecule has 2 aromatic heterocycles. The molecule has 2 unspecified atom stereocenters. The second kappa shape index (κ2) is 7.63. The minimum atomic E-state index is -1.52. The number of nitrogens with two attached hydrogens (primary N) is 1. The second-order valence-electron chi connectivity index (χ2n) is 10.4. The van der Waals surface area contributed by atoms with Crippen LogP contribution in [0.1, 0.15) is 51.6 Å². The van der Waals surface area contributed by atoms with E-state index < -0.39 is 29.7 Å². The minimum absolute atomic E-state index is 0.00483. The van der Waals surface area contributed by atoms with Gasteiger partial charge in [0, 0.05) is 0 Å². The topological polar surface area (TPSA) is 134 Å². The summed E-state index contributed by atoms with van der Waals surface area (Å²) in [5.41, 5.74) is 5.50. The molecule has 2 aliphatic heterocycles. The van der Waals surface area contributed by atoms with E-state index in [2.05, 4.69) is 16.2 Å². The van der Waals surface area contributed by atoms with Crippen LogP contribution in [0.5, 0.6) is 0 Å². The quantitative estimate of drug-likeness (QED) is 0.672. The van der Waals surface area contributed by atoms with Gasteiger partial charge in [-0.05, 0) is 50.7 Å². The summed E-state index contributed by atoms with van der Waals surface area (Å²) in [6, 6.07) is 5.79. The van der Waals surface area contributed by atoms with E-state index in [-0.39, 0.29) is 18.5 Å². The first-order valence-corrected chi connectivity index (χ1v) is 12.0. The Hall–Kier alpha value is -2.74. The fourth-order valence-electron chi connectivity index (χ4n) is 6.50. The largest absolute Gasteiger partial charge is 0.463 e. The third kappa shape index (κ3) is 3.21. The minimum Gasteiger partial charge on any atom is -0.463 e. The molecule has 2 saturated carbocycles. The molecule has 0 aromatic carbocycles. The fraction of sp³-hybridized carbons (Fsp3) is 0.667. The summed E-state index contributed by atoms with van der Waals surface area (Å²) in [7, 11) is 0. The molecule has 6 rings (SSSR count). The molecule has 4 fully saturated rings. The van der Waals surface area contributed by atoms with Crippen LogP contribution in [-0.4, -0.2) is 51.3 Å². The number of nitrogens with zero attached hydrogens (tertiary/aromatic N) is 4. The number of anilines is 1. The van der Waals surface area contributed by atoms with Crippen LogP contribution in [0, 0.1) is 29.1 Å². The first-order chi connectivity index (χ1) is 16.3. The average Bonchev–Trinajstić information content (AvgIpc) is 3.58. The van der Waals surface area contributed by atoms with Gasteiger partial charge in [-0.25, -0.2) is 9.50 Å². The van der Waals surface area contributed by atoms with Crippen LogP contribution in [0.15, 0.2) is 18.5 Å². The zero-order valence-corrected chi connectivity index (χ0v) is 19.3. The van der Waals surface area contributed by atoms with Crippen LogP contribution < -0.4 is 5.73 Å². The van der Waals surface area contributed by atoms with Crippen molar-refractivity contribution < 1.29 is 23.7 Å². The molecule has 10 nitrogen and oxygen atoms in total. The number of nitrogen functional groups attached to an aromatic ring is 1. The highest BCUT2D eigenvalue weighted by atomic mass is 16.8. The lowest BCUT2D eigenvalue weighted by Gasteiger charge is -2.29. The number of nitriles is 1. The standard InChI is InChI=1S/C24H29N5O5/c1-23(2)33-19-17(10-31-22(30)15-8-13-4-3-5-14(13)9-15)32-24(11-25,20(19)34-23)18-7-6-16-21(26)27-12-28-29(16)18/h6-7,12-15,17,19-20H,3-5,8-10H2,1-2H3,(H2,26,27,28)/t13?,14?,15?,17-,19-,20-,24+/m1/s1. The Morgan fingerprint density at radius 1 is 1.26 bits per heavy atom. The average molecular weight is 468 g/mol. The molecule has 6 atom stereocenters. The first kappa shape index (κ1) is 21.8. The number of carbonyl (C=O) groups excluding carboxylic acids is 1. The number of aromatic nitrogens is 3. The van der Waals surface area contributed by atoms with Crippen molar-refractivity contribution in [3.8, 4) is 6.07 Å². The molecule has 180 valence electrons. The Morgan fingerprint density at radius 3 is 2.76 bits per heavy atom. The Bertz CT molecular complexity index is 1160. The van der Waals surface area contributed by atoms with Gasteiger partial charge in [0.25, 0.3) is 0 Å². The summed E-state index contributed by atoms with van der Waals surface area (Å²) >= 11 is 0. The summed E-state index contributed by atoms with van der Waals surface area (Å²) in [5, 5.41) is 14.7. The Labute approximate surface area is 197 Å². The SMILES string of the molecule is CC1(C)O[C@H]2[C@@H](O1)[C@](C#N)(c1ccc3c(N)ncnn13)O[C@@H]2COC(=O)C1CC2CCCC2C1. The molecular formula is C24H29N5O5. The van der Waals surface area contributed by atoms with Gasteiger partial charge in [0.2, 0.25) is 5.60 Å². The summed E-state index contributed by atoms with van der Waals surface area (Å²) in [5.74, 6) is 0.434. The van der Waals surface area contributed by atoms with Crippen LogP contribution >= 0.6 is 0 Å². The van der Waals surface area contributed by atoms with Crippen LogP contribution in [0.2, 0.25) is 0 Å². The van der Waals surface area contributed by atoms with Gasteiger partial charge in [-0.1, -0.05) is 19.3 Å². The molecule has 2 aromatic rings. The molecular weight excluding hydrogens is 438 g/mol. The van der Waals surface area contributed by atoms with Gasteiger partial charge in [0.1, 0.15) is 42.8 Å². The molecule has 0 bridgehead atoms. The van der Waals surface area contributed by atoms with Gasteiger partial charge in [-0.15, -0.1) is 0 Å². The van der Waals surface area contributed by atoms with E-state index in [9.17, 15) is 10.1 Å². The molecule has 2 aliphatic carbocycles. The lowest BCUT2D eigenvalue weighted by atomic mass is 9.92. The van der Waals surface area contributed by atoms with E-state index >= 15 is 0 Å². The predicted molar refractivity (Wildman–Crippen MR) is 118 cm³/mol. The molecule has 4 heterocycles. The first-order valence-electron chi connectivity index (χ1n) is 12.0. The normalized spacial score (nSPS) is 38.0. The van der Waals surface area contributed by atoms with Crippen molar-refractivity contribution in [1.82, 2.24) is 14.6 Å². The zero-order valence-electron chi connectivity index (χ0n) is 19.3. The number of hydrogen-bond donors (Lipinski definition) is 1. The van der Waals surface area contributed by atoms with E-state index in [1.54, 1.807) is 30.5 Å². The van der Waals surface area contributed by atoms with E-state index in [1.807, 2.05) is 0 Å². The molecule has 4 aliphatic rings. The fourth-order valence-corrected chi connectivity index (χ4v) is 6.50. The van der Waals surface area contributed by atoms with Crippen LogP contribution in [0.3, 0.4) is 0 Å². The highest BCUT2D eigenvalue weighted by Gasteiger charge is 2.65. The van der Waals surface area contributed by atoms with Crippen molar-refractivity contribution in [3.63, 3.8) is 0 Å². The molecule has 2 N–H and O–H groups in total. The Morgan fingerprint density at radius 2 is 2.03 bits per heavy atom. The maximum Gasteiger partial charge on any atom is 0.309 e. The van der Waals surface area contributed by atoms with Gasteiger partial charge >= 0.3 is 5.97 Å². The third-order valence-electron chi connectivity index (χ3n) is 7.98. The maximum atomic E-state index is 12.9. The summed E-state index contributed by atoms with van der Waals surface area (Å²) in [6.45, 7) is 3.59. The van der Waals surface area contributed by atoms with Gasteiger partial charge in [0.05, 0.1) is 11.6 Å². The van der Waals surface area contributed by atoms with Crippen LogP contribution in [0.4, 0.5) is 5.82 Å². The highest BCUT2D eigenvalue weighted by molar-refractivity contribution is 5.73. The molecule has 2 saturated heterocycles. The zero-order chi connectivity index (χ0) is 23.7. The number of ether oxygens (including phenoxy) is 4. The number of hydrogen-bond acceptors (Lipinski definition) is 9. The Kier molecular flexibility index (Phi) is 4.89. The number of esters is 1. The summed E-state index contributed by atoms with van der Waals surface area (Å²) < 4.78 is 25.9. The third-order valence-corrected chi connectivity index (χ3v) is 7.98. The van der Waals surface area contributed by atoms with Crippen molar-refractivity contribution >= 4 is 17.3 Å². The van der Waals surface area contributed by atoms with Crippen molar-refractivity contribution in [1.29, 1.82) is 5.26 Å². The molecule has 34 heavy (non-hydrogen) atoms. The van der Waals surface area contributed by atoms with Crippen LogP contribution in [-0.2, 0) is 29.3 Å². The van der Waals surface area contributed by atoms with Crippen molar-refractivity contribution in [3.05, 3.63) is 24.2 Å². The maximum absolute atomic E-state index is 12.9. The van der Waals surface area contributed by atoms with Gasteiger partial charge in [0.15, 0.2) is 11.6 Å². The summed E-state index contributed by atoms with van der Waals surface area (Å²) in [4.78, 5) is 16.9. The smallest absolute Gasteiger partial charge is 0.309 e. The molecule has 0 amide bonds. The molecule has 10 heteroatoms. The van der Waals surface area contributed by atoms with Gasteiger partial charge in [-0.3, -0.25) is 4.79 Å². The highest BCUT2D eigenvalue weighted by Crippen LogP contribution is 2.50. The van der Waals surface area contributed by atoms with Crippen molar-refractivity contribution in [2.45, 2.75) is 75.7 Å². The number of carbonyl (C=O) groups is 1. The Balaban J connectivity index is 1.26. The lowest BCUT2D eigenvalue weighted by molar-refractivity contribution is -0.207. The van der Waals surface area contributed by atoms with E-state index in [0.717, 1.165) is 12.8 Å². The van der Waals surface area contributed by atoms with E-state index in [1.165, 1.54) is 25.6 Å².